The average Bonchev–Trinajstić information content (AvgIpc) is 3.74. The number of nitrogens with one attached hydrogen (secondary N) is 1. The minimum atomic E-state index is -3.35. The highest BCUT2D eigenvalue weighted by Crippen LogP contribution is 2.60. The molecule has 1 saturated heterocycles. The van der Waals surface area contributed by atoms with Crippen LogP contribution in [0.4, 0.5) is 15.5 Å². The van der Waals surface area contributed by atoms with Gasteiger partial charge in [0, 0.05) is 54.0 Å². The third kappa shape index (κ3) is 6.57. The molecule has 0 radical (unpaired) electrons. The summed E-state index contributed by atoms with van der Waals surface area (Å²) in [7, 11) is -0.210. The molecule has 3 heterocycles. The van der Waals surface area contributed by atoms with Crippen LogP contribution in [0.15, 0.2) is 72.9 Å². The molecule has 258 valence electrons. The molecular formula is C36H42FN5O6Si. The van der Waals surface area contributed by atoms with Crippen molar-refractivity contribution in [1.82, 2.24) is 15.0 Å². The Labute approximate surface area is 286 Å². The highest BCUT2D eigenvalue weighted by Gasteiger charge is 2.66. The number of carbonyl (C=O) groups is 2. The number of fused-ring (bicyclic) bond motifs is 2. The standard InChI is InChI=1S/C36H42FN5O6Si/c1-23-33(49(4,5)37)32(16-18-41-22-27(17-19-43)39-40-41)48-36(23)30-20-29(47-3)14-15-31(30)42(35(36)45)21-24-6-10-26(11-7-24)38-34(44)25-8-12-28(46-2)13-9-25/h6-15,20,22-23,32-33,43H,16-19,21H2,1-5H3,(H,38,44)/t23-,32+,33-,36+/m1/s1. The van der Waals surface area contributed by atoms with Crippen LogP contribution in [0.3, 0.4) is 0 Å². The average molecular weight is 688 g/mol. The lowest BCUT2D eigenvalue weighted by atomic mass is 9.82. The number of ether oxygens (including phenoxy) is 3. The van der Waals surface area contributed by atoms with Gasteiger partial charge < -0.3 is 33.6 Å². The number of nitrogens with zero attached hydrogens (tertiary/aromatic N) is 4. The van der Waals surface area contributed by atoms with E-state index in [1.165, 1.54) is 0 Å². The summed E-state index contributed by atoms with van der Waals surface area (Å²) >= 11 is 0. The molecule has 0 bridgehead atoms. The van der Waals surface area contributed by atoms with Crippen LogP contribution in [0.25, 0.3) is 0 Å². The molecular weight excluding hydrogens is 646 g/mol. The van der Waals surface area contributed by atoms with E-state index >= 15 is 4.11 Å². The first-order valence-corrected chi connectivity index (χ1v) is 19.4. The molecule has 1 fully saturated rings. The van der Waals surface area contributed by atoms with E-state index in [-0.39, 0.29) is 25.0 Å². The molecule has 0 aliphatic carbocycles. The number of amides is 2. The van der Waals surface area contributed by atoms with Crippen molar-refractivity contribution in [3.05, 3.63) is 95.3 Å². The van der Waals surface area contributed by atoms with E-state index in [2.05, 4.69) is 15.6 Å². The minimum absolute atomic E-state index is 0.0268. The van der Waals surface area contributed by atoms with E-state index in [1.54, 1.807) is 79.5 Å². The van der Waals surface area contributed by atoms with Crippen molar-refractivity contribution in [2.45, 2.75) is 63.2 Å². The molecule has 4 aromatic rings. The van der Waals surface area contributed by atoms with Gasteiger partial charge in [0.1, 0.15) is 11.5 Å². The number of benzene rings is 3. The summed E-state index contributed by atoms with van der Waals surface area (Å²) < 4.78 is 35.5. The van der Waals surface area contributed by atoms with E-state index in [9.17, 15) is 14.7 Å². The molecule has 4 atom stereocenters. The van der Waals surface area contributed by atoms with Gasteiger partial charge in [0.2, 0.25) is 8.41 Å². The fourth-order valence-electron chi connectivity index (χ4n) is 7.34. The summed E-state index contributed by atoms with van der Waals surface area (Å²) in [6.45, 7) is 5.94. The van der Waals surface area contributed by atoms with Crippen LogP contribution in [0.2, 0.25) is 18.6 Å². The maximum absolute atomic E-state index is 16.2. The molecule has 2 aliphatic rings. The van der Waals surface area contributed by atoms with Crippen LogP contribution >= 0.6 is 0 Å². The van der Waals surface area contributed by atoms with Crippen LogP contribution in [0.5, 0.6) is 11.5 Å². The smallest absolute Gasteiger partial charge is 0.264 e. The highest BCUT2D eigenvalue weighted by molar-refractivity contribution is 6.72. The molecule has 2 amide bonds. The lowest BCUT2D eigenvalue weighted by Crippen LogP contribution is -2.45. The zero-order valence-corrected chi connectivity index (χ0v) is 29.4. The van der Waals surface area contributed by atoms with E-state index in [0.29, 0.717) is 59.1 Å². The number of aromatic nitrogens is 3. The van der Waals surface area contributed by atoms with Gasteiger partial charge in [0.15, 0.2) is 5.60 Å². The van der Waals surface area contributed by atoms with Crippen molar-refractivity contribution in [2.75, 3.05) is 31.0 Å². The number of hydrogen-bond acceptors (Lipinski definition) is 8. The molecule has 2 N–H and O–H groups in total. The Bertz CT molecular complexity index is 1810. The fraction of sp³-hybridized carbons (Fsp3) is 0.389. The number of methoxy groups -OCH3 is 2. The normalized spacial score (nSPS) is 21.7. The van der Waals surface area contributed by atoms with E-state index in [0.717, 1.165) is 5.56 Å². The Morgan fingerprint density at radius 1 is 1.06 bits per heavy atom. The van der Waals surface area contributed by atoms with Crippen molar-refractivity contribution in [1.29, 1.82) is 0 Å². The largest absolute Gasteiger partial charge is 0.497 e. The zero-order valence-electron chi connectivity index (χ0n) is 28.4. The lowest BCUT2D eigenvalue weighted by molar-refractivity contribution is -0.146. The van der Waals surface area contributed by atoms with Crippen LogP contribution < -0.4 is 19.7 Å². The molecule has 1 aromatic heterocycles. The first kappa shape index (κ1) is 34.3. The number of anilines is 2. The number of aryl methyl sites for hydroxylation is 1. The van der Waals surface area contributed by atoms with Gasteiger partial charge in [0.25, 0.3) is 11.8 Å². The predicted molar refractivity (Wildman–Crippen MR) is 185 cm³/mol. The lowest BCUT2D eigenvalue weighted by Gasteiger charge is -2.31. The molecule has 1 spiro atoms. The molecule has 6 rings (SSSR count). The number of hydrogen-bond donors (Lipinski definition) is 2. The first-order valence-electron chi connectivity index (χ1n) is 16.4. The van der Waals surface area contributed by atoms with Gasteiger partial charge in [-0.05, 0) is 79.7 Å². The quantitative estimate of drug-likeness (QED) is 0.148. The van der Waals surface area contributed by atoms with E-state index < -0.39 is 31.6 Å². The molecule has 0 saturated carbocycles. The number of carbonyl (C=O) groups excluding carboxylic acids is 2. The van der Waals surface area contributed by atoms with Crippen LogP contribution in [0.1, 0.15) is 40.5 Å². The van der Waals surface area contributed by atoms with Gasteiger partial charge >= 0.3 is 0 Å². The molecule has 11 nitrogen and oxygen atoms in total. The van der Waals surface area contributed by atoms with Crippen molar-refractivity contribution in [3.63, 3.8) is 0 Å². The summed E-state index contributed by atoms with van der Waals surface area (Å²) in [5.41, 5.74) is 2.13. The van der Waals surface area contributed by atoms with Crippen LogP contribution in [-0.2, 0) is 34.6 Å². The second kappa shape index (κ2) is 13.7. The number of halogens is 1. The van der Waals surface area contributed by atoms with Gasteiger partial charge in [-0.15, -0.1) is 5.10 Å². The van der Waals surface area contributed by atoms with Crippen molar-refractivity contribution < 1.29 is 33.0 Å². The zero-order chi connectivity index (χ0) is 34.9. The van der Waals surface area contributed by atoms with Crippen molar-refractivity contribution in [3.8, 4) is 11.5 Å². The van der Waals surface area contributed by atoms with E-state index in [4.69, 9.17) is 14.2 Å². The number of rotatable bonds is 12. The summed E-state index contributed by atoms with van der Waals surface area (Å²) in [4.78, 5) is 29.2. The number of aliphatic hydroxyl groups excluding tert-OH is 1. The third-order valence-electron chi connectivity index (χ3n) is 9.67. The van der Waals surface area contributed by atoms with Gasteiger partial charge in [-0.2, -0.15) is 0 Å². The topological polar surface area (TPSA) is 128 Å². The fourth-order valence-corrected chi connectivity index (χ4v) is 9.88. The van der Waals surface area contributed by atoms with Crippen molar-refractivity contribution in [2.24, 2.45) is 5.92 Å². The van der Waals surface area contributed by atoms with Crippen LogP contribution in [-0.4, -0.2) is 67.3 Å². The van der Waals surface area contributed by atoms with Gasteiger partial charge in [0.05, 0.1) is 38.2 Å². The first-order chi connectivity index (χ1) is 23.5. The highest BCUT2D eigenvalue weighted by atomic mass is 28.4. The molecule has 2 aliphatic heterocycles. The van der Waals surface area contributed by atoms with Gasteiger partial charge in [-0.1, -0.05) is 24.3 Å². The maximum atomic E-state index is 16.2. The Hall–Kier alpha value is -4.59. The predicted octanol–water partition coefficient (Wildman–Crippen LogP) is 5.49. The Morgan fingerprint density at radius 2 is 1.76 bits per heavy atom. The molecule has 3 aromatic carbocycles. The minimum Gasteiger partial charge on any atom is -0.497 e. The molecule has 13 heteroatoms. The second-order valence-electron chi connectivity index (χ2n) is 13.2. The molecule has 0 unspecified atom stereocenters. The third-order valence-corrected chi connectivity index (χ3v) is 12.1. The van der Waals surface area contributed by atoms with Crippen LogP contribution in [0, 0.1) is 5.92 Å². The second-order valence-corrected chi connectivity index (χ2v) is 17.0. The van der Waals surface area contributed by atoms with Gasteiger partial charge in [-0.25, -0.2) is 0 Å². The van der Waals surface area contributed by atoms with E-state index in [1.807, 2.05) is 37.3 Å². The summed E-state index contributed by atoms with van der Waals surface area (Å²) in [6, 6.07) is 19.7. The van der Waals surface area contributed by atoms with Gasteiger partial charge in [-0.3, -0.25) is 14.3 Å². The maximum Gasteiger partial charge on any atom is 0.264 e. The molecule has 49 heavy (non-hydrogen) atoms. The summed E-state index contributed by atoms with van der Waals surface area (Å²) in [5.74, 6) is 0.301. The SMILES string of the molecule is COc1ccc(C(=O)Nc2ccc(CN3C(=O)[C@@]4(O[C@@H](CCn5cc(CCO)nn5)[C@H]([Si](C)(C)F)[C@H]4C)c4cc(OC)ccc43)cc2)cc1. The van der Waals surface area contributed by atoms with Crippen molar-refractivity contribution >= 4 is 31.6 Å². The number of aliphatic hydroxyl groups is 1. The Kier molecular flexibility index (Phi) is 9.60. The Morgan fingerprint density at radius 3 is 2.41 bits per heavy atom. The summed E-state index contributed by atoms with van der Waals surface area (Å²) in [5, 5.41) is 20.4. The monoisotopic (exact) mass is 687 g/mol. The summed E-state index contributed by atoms with van der Waals surface area (Å²) in [6.07, 6.45) is 2.08. The Balaban J connectivity index is 1.25.